The van der Waals surface area contributed by atoms with Crippen LogP contribution in [0.1, 0.15) is 60.5 Å². The Hall–Kier alpha value is -2.89. The van der Waals surface area contributed by atoms with Crippen molar-refractivity contribution in [3.8, 4) is 5.75 Å². The molecule has 0 aliphatic heterocycles. The molecule has 0 radical (unpaired) electrons. The van der Waals surface area contributed by atoms with Gasteiger partial charge in [0.2, 0.25) is 0 Å². The number of rotatable bonds is 11. The molecule has 0 saturated heterocycles. The monoisotopic (exact) mass is 408 g/mol. The highest BCUT2D eigenvalue weighted by atomic mass is 16.5. The summed E-state index contributed by atoms with van der Waals surface area (Å²) < 4.78 is 7.76. The fourth-order valence-electron chi connectivity index (χ4n) is 3.35. The van der Waals surface area contributed by atoms with Crippen LogP contribution in [0.3, 0.4) is 0 Å². The van der Waals surface area contributed by atoms with E-state index in [1.165, 1.54) is 24.0 Å². The van der Waals surface area contributed by atoms with Gasteiger partial charge in [-0.1, -0.05) is 31.4 Å². The summed E-state index contributed by atoms with van der Waals surface area (Å²) in [5, 5.41) is 11.5. The van der Waals surface area contributed by atoms with Crippen molar-refractivity contribution in [3.63, 3.8) is 0 Å². The summed E-state index contributed by atoms with van der Waals surface area (Å²) in [4.78, 5) is 12.2. The van der Waals surface area contributed by atoms with Gasteiger partial charge in [-0.3, -0.25) is 4.79 Å². The van der Waals surface area contributed by atoms with Crippen LogP contribution >= 0.6 is 0 Å². The predicted molar refractivity (Wildman–Crippen MR) is 120 cm³/mol. The van der Waals surface area contributed by atoms with Gasteiger partial charge in [-0.25, -0.2) is 4.68 Å². The highest BCUT2D eigenvalue weighted by Crippen LogP contribution is 2.18. The first-order valence-electron chi connectivity index (χ1n) is 10.9. The average Bonchev–Trinajstić information content (AvgIpc) is 3.13. The molecule has 0 saturated carbocycles. The van der Waals surface area contributed by atoms with Gasteiger partial charge >= 0.3 is 0 Å². The zero-order valence-corrected chi connectivity index (χ0v) is 18.3. The lowest BCUT2D eigenvalue weighted by Gasteiger charge is -2.08. The molecule has 30 heavy (non-hydrogen) atoms. The van der Waals surface area contributed by atoms with Crippen LogP contribution in [-0.2, 0) is 6.54 Å². The zero-order chi connectivity index (χ0) is 21.3. The number of benzene rings is 2. The summed E-state index contributed by atoms with van der Waals surface area (Å²) in [6.45, 7) is 8.43. The van der Waals surface area contributed by atoms with Gasteiger partial charge in [0.15, 0.2) is 0 Å². The number of aryl methyl sites for hydroxylation is 3. The van der Waals surface area contributed by atoms with Crippen LogP contribution in [-0.4, -0.2) is 34.1 Å². The van der Waals surface area contributed by atoms with Crippen molar-refractivity contribution in [3.05, 3.63) is 53.1 Å². The largest absolute Gasteiger partial charge is 0.494 e. The summed E-state index contributed by atoms with van der Waals surface area (Å²) in [7, 11) is 0. The van der Waals surface area contributed by atoms with Crippen LogP contribution in [0.2, 0.25) is 0 Å². The topological polar surface area (TPSA) is 69.0 Å². The Morgan fingerprint density at radius 2 is 1.80 bits per heavy atom. The number of hydrogen-bond acceptors (Lipinski definition) is 4. The van der Waals surface area contributed by atoms with E-state index in [1.807, 2.05) is 28.9 Å². The second-order valence-corrected chi connectivity index (χ2v) is 7.78. The second kappa shape index (κ2) is 10.8. The highest BCUT2D eigenvalue weighted by molar-refractivity contribution is 5.94. The Morgan fingerprint density at radius 3 is 2.57 bits per heavy atom. The van der Waals surface area contributed by atoms with Crippen LogP contribution in [0.15, 0.2) is 36.4 Å². The van der Waals surface area contributed by atoms with Crippen LogP contribution < -0.4 is 10.1 Å². The number of aromatic nitrogens is 3. The van der Waals surface area contributed by atoms with Crippen molar-refractivity contribution in [1.29, 1.82) is 0 Å². The van der Waals surface area contributed by atoms with Gasteiger partial charge in [-0.15, -0.1) is 5.10 Å². The van der Waals surface area contributed by atoms with Gasteiger partial charge < -0.3 is 10.1 Å². The summed E-state index contributed by atoms with van der Waals surface area (Å²) in [5.41, 5.74) is 5.12. The molecule has 1 heterocycles. The van der Waals surface area contributed by atoms with E-state index in [9.17, 15) is 4.79 Å². The van der Waals surface area contributed by atoms with Crippen molar-refractivity contribution in [1.82, 2.24) is 20.3 Å². The highest BCUT2D eigenvalue weighted by Gasteiger charge is 2.07. The van der Waals surface area contributed by atoms with E-state index >= 15 is 0 Å². The van der Waals surface area contributed by atoms with E-state index in [-0.39, 0.29) is 5.91 Å². The van der Waals surface area contributed by atoms with E-state index in [2.05, 4.69) is 48.5 Å². The minimum atomic E-state index is -0.0263. The van der Waals surface area contributed by atoms with Crippen molar-refractivity contribution in [2.24, 2.45) is 0 Å². The van der Waals surface area contributed by atoms with Gasteiger partial charge in [0.25, 0.3) is 5.91 Å². The Labute approximate surface area is 178 Å². The van der Waals surface area contributed by atoms with Gasteiger partial charge in [-0.2, -0.15) is 0 Å². The lowest BCUT2D eigenvalue weighted by molar-refractivity contribution is 0.0953. The minimum Gasteiger partial charge on any atom is -0.494 e. The van der Waals surface area contributed by atoms with Gasteiger partial charge in [0.05, 0.1) is 12.1 Å². The fourth-order valence-corrected chi connectivity index (χ4v) is 3.35. The number of nitrogens with one attached hydrogen (secondary N) is 1. The van der Waals surface area contributed by atoms with E-state index in [1.54, 1.807) is 0 Å². The summed E-state index contributed by atoms with van der Waals surface area (Å²) in [5.74, 6) is 0.742. The number of carbonyl (C=O) groups excluding carboxylic acids is 1. The van der Waals surface area contributed by atoms with E-state index in [0.717, 1.165) is 49.1 Å². The molecule has 6 heteroatoms. The maximum atomic E-state index is 12.2. The van der Waals surface area contributed by atoms with Gasteiger partial charge in [0, 0.05) is 25.1 Å². The third kappa shape index (κ3) is 5.81. The smallest absolute Gasteiger partial charge is 0.251 e. The molecule has 0 spiro atoms. The molecule has 0 aliphatic carbocycles. The predicted octanol–water partition coefficient (Wildman–Crippen LogP) is 4.83. The number of amides is 1. The molecule has 3 rings (SSSR count). The Balaban J connectivity index is 1.42. The van der Waals surface area contributed by atoms with Crippen LogP contribution in [0.25, 0.3) is 11.0 Å². The second-order valence-electron chi connectivity index (χ2n) is 7.78. The van der Waals surface area contributed by atoms with E-state index < -0.39 is 0 Å². The minimum absolute atomic E-state index is 0.0263. The normalized spacial score (nSPS) is 11.0. The Kier molecular flexibility index (Phi) is 7.82. The Bertz CT molecular complexity index is 963. The first kappa shape index (κ1) is 21.8. The zero-order valence-electron chi connectivity index (χ0n) is 18.3. The number of ether oxygens (including phenoxy) is 1. The molecule has 1 N–H and O–H groups in total. The maximum Gasteiger partial charge on any atom is 0.251 e. The average molecular weight is 409 g/mol. The van der Waals surface area contributed by atoms with Crippen LogP contribution in [0, 0.1) is 13.8 Å². The number of carbonyl (C=O) groups is 1. The maximum absolute atomic E-state index is 12.2. The number of nitrogens with zero attached hydrogens (tertiary/aromatic N) is 3. The number of unbranched alkanes of at least 4 members (excludes halogenated alkanes) is 3. The lowest BCUT2D eigenvalue weighted by Crippen LogP contribution is -2.24. The first-order chi connectivity index (χ1) is 14.6. The number of fused-ring (bicyclic) bond motifs is 1. The van der Waals surface area contributed by atoms with Crippen LogP contribution in [0.5, 0.6) is 5.75 Å². The SMILES string of the molecule is CCCCCCNC(=O)c1ccc(OCCCn2nnc3cc(C)c(C)cc32)cc1. The summed E-state index contributed by atoms with van der Waals surface area (Å²) in [6, 6.07) is 11.5. The van der Waals surface area contributed by atoms with E-state index in [0.29, 0.717) is 12.2 Å². The molecule has 0 fully saturated rings. The molecular weight excluding hydrogens is 376 g/mol. The van der Waals surface area contributed by atoms with Crippen LogP contribution in [0.4, 0.5) is 0 Å². The first-order valence-corrected chi connectivity index (χ1v) is 10.9. The van der Waals surface area contributed by atoms with Crippen molar-refractivity contribution >= 4 is 16.9 Å². The van der Waals surface area contributed by atoms with E-state index in [4.69, 9.17) is 4.74 Å². The standard InChI is InChI=1S/C24H32N4O2/c1-4-5-6-7-13-25-24(29)20-9-11-21(12-10-20)30-15-8-14-28-23-17-19(3)18(2)16-22(23)26-27-28/h9-12,16-17H,4-8,13-15H2,1-3H3,(H,25,29). The third-order valence-corrected chi connectivity index (χ3v) is 5.34. The lowest BCUT2D eigenvalue weighted by atomic mass is 10.1. The molecule has 6 nitrogen and oxygen atoms in total. The molecule has 0 atom stereocenters. The van der Waals surface area contributed by atoms with Gasteiger partial charge in [-0.05, 0) is 67.8 Å². The summed E-state index contributed by atoms with van der Waals surface area (Å²) >= 11 is 0. The Morgan fingerprint density at radius 1 is 1.03 bits per heavy atom. The van der Waals surface area contributed by atoms with Gasteiger partial charge in [0.1, 0.15) is 11.3 Å². The molecule has 0 bridgehead atoms. The molecule has 2 aromatic carbocycles. The molecule has 160 valence electrons. The summed E-state index contributed by atoms with van der Waals surface area (Å²) in [6.07, 6.45) is 5.43. The molecule has 1 aromatic heterocycles. The molecule has 1 amide bonds. The third-order valence-electron chi connectivity index (χ3n) is 5.34. The molecule has 0 unspecified atom stereocenters. The van der Waals surface area contributed by atoms with Crippen molar-refractivity contribution in [2.45, 2.75) is 59.4 Å². The molecular formula is C24H32N4O2. The van der Waals surface area contributed by atoms with Crippen molar-refractivity contribution in [2.75, 3.05) is 13.2 Å². The molecule has 0 aliphatic rings. The molecule has 3 aromatic rings. The fraction of sp³-hybridized carbons (Fsp3) is 0.458. The quantitative estimate of drug-likeness (QED) is 0.462. The number of hydrogen-bond donors (Lipinski definition) is 1. The van der Waals surface area contributed by atoms with Crippen molar-refractivity contribution < 1.29 is 9.53 Å².